The number of carboxylic acid groups (broad SMARTS) is 1. The van der Waals surface area contributed by atoms with Crippen LogP contribution in [0.2, 0.25) is 5.02 Å². The quantitative estimate of drug-likeness (QED) is 0.923. The molecular formula is C12H8ClF3N2O2. The maximum absolute atomic E-state index is 12.7. The van der Waals surface area contributed by atoms with Gasteiger partial charge >= 0.3 is 12.1 Å². The molecule has 106 valence electrons. The molecule has 0 aliphatic heterocycles. The third kappa shape index (κ3) is 2.49. The van der Waals surface area contributed by atoms with Gasteiger partial charge in [0, 0.05) is 0 Å². The van der Waals surface area contributed by atoms with Crippen LogP contribution in [0.3, 0.4) is 0 Å². The predicted octanol–water partition coefficient (Wildman–Crippen LogP) is 3.55. The van der Waals surface area contributed by atoms with Crippen LogP contribution < -0.4 is 0 Å². The summed E-state index contributed by atoms with van der Waals surface area (Å²) < 4.78 is 39.1. The average molecular weight is 305 g/mol. The smallest absolute Gasteiger partial charge is 0.436 e. The number of rotatable bonds is 2. The van der Waals surface area contributed by atoms with Crippen molar-refractivity contribution < 1.29 is 23.1 Å². The van der Waals surface area contributed by atoms with E-state index in [0.717, 1.165) is 4.68 Å². The van der Waals surface area contributed by atoms with E-state index in [9.17, 15) is 18.0 Å². The van der Waals surface area contributed by atoms with Crippen LogP contribution in [0, 0.1) is 6.92 Å². The van der Waals surface area contributed by atoms with Crippen LogP contribution in [0.5, 0.6) is 0 Å². The zero-order chi connectivity index (χ0) is 15.1. The Kier molecular flexibility index (Phi) is 3.47. The lowest BCUT2D eigenvalue weighted by atomic mass is 10.2. The van der Waals surface area contributed by atoms with Gasteiger partial charge in [-0.3, -0.25) is 0 Å². The predicted molar refractivity (Wildman–Crippen MR) is 65.3 cm³/mol. The molecule has 0 saturated carbocycles. The summed E-state index contributed by atoms with van der Waals surface area (Å²) in [5.74, 6) is -1.18. The van der Waals surface area contributed by atoms with Gasteiger partial charge in [0.05, 0.1) is 22.0 Å². The third-order valence-corrected chi connectivity index (χ3v) is 3.10. The minimum Gasteiger partial charge on any atom is -0.478 e. The molecule has 0 atom stereocenters. The van der Waals surface area contributed by atoms with Crippen molar-refractivity contribution >= 4 is 17.6 Å². The number of aromatic nitrogens is 2. The second-order valence-corrected chi connectivity index (χ2v) is 4.39. The summed E-state index contributed by atoms with van der Waals surface area (Å²) in [6.07, 6.45) is -4.67. The number of carbonyl (C=O) groups is 1. The molecule has 0 bridgehead atoms. The highest BCUT2D eigenvalue weighted by atomic mass is 35.5. The monoisotopic (exact) mass is 304 g/mol. The number of nitrogens with zero attached hydrogens (tertiary/aromatic N) is 2. The van der Waals surface area contributed by atoms with E-state index in [2.05, 4.69) is 5.10 Å². The van der Waals surface area contributed by atoms with Crippen molar-refractivity contribution in [1.29, 1.82) is 0 Å². The highest BCUT2D eigenvalue weighted by Gasteiger charge is 2.38. The third-order valence-electron chi connectivity index (χ3n) is 2.65. The van der Waals surface area contributed by atoms with E-state index in [4.69, 9.17) is 16.7 Å². The van der Waals surface area contributed by atoms with Crippen LogP contribution in [0.15, 0.2) is 24.3 Å². The molecule has 4 nitrogen and oxygen atoms in total. The molecule has 0 amide bonds. The van der Waals surface area contributed by atoms with Gasteiger partial charge in [0.15, 0.2) is 5.69 Å². The number of benzene rings is 1. The Bertz CT molecular complexity index is 680. The van der Waals surface area contributed by atoms with Gasteiger partial charge in [-0.25, -0.2) is 9.48 Å². The van der Waals surface area contributed by atoms with Gasteiger partial charge in [0.2, 0.25) is 0 Å². The molecule has 0 aliphatic carbocycles. The maximum Gasteiger partial charge on any atom is 0.436 e. The fourth-order valence-electron chi connectivity index (χ4n) is 1.69. The van der Waals surface area contributed by atoms with Crippen molar-refractivity contribution in [2.24, 2.45) is 0 Å². The van der Waals surface area contributed by atoms with Gasteiger partial charge in [0.25, 0.3) is 0 Å². The molecule has 0 radical (unpaired) electrons. The van der Waals surface area contributed by atoms with E-state index in [0.29, 0.717) is 0 Å². The van der Waals surface area contributed by atoms with E-state index in [-0.39, 0.29) is 16.9 Å². The van der Waals surface area contributed by atoms with Gasteiger partial charge in [-0.1, -0.05) is 17.7 Å². The second-order valence-electron chi connectivity index (χ2n) is 4.01. The zero-order valence-electron chi connectivity index (χ0n) is 10.1. The van der Waals surface area contributed by atoms with E-state index >= 15 is 0 Å². The van der Waals surface area contributed by atoms with Gasteiger partial charge in [-0.2, -0.15) is 18.3 Å². The molecule has 1 aromatic carbocycles. The maximum atomic E-state index is 12.7. The number of carboxylic acids is 1. The summed E-state index contributed by atoms with van der Waals surface area (Å²) in [7, 11) is 0. The van der Waals surface area contributed by atoms with Crippen molar-refractivity contribution in [1.82, 2.24) is 9.78 Å². The van der Waals surface area contributed by atoms with Crippen molar-refractivity contribution in [3.8, 4) is 5.69 Å². The molecule has 1 heterocycles. The van der Waals surface area contributed by atoms with Crippen LogP contribution in [0.25, 0.3) is 5.69 Å². The molecule has 0 aliphatic rings. The molecule has 1 aromatic heterocycles. The number of aromatic carboxylic acids is 1. The molecule has 0 saturated heterocycles. The van der Waals surface area contributed by atoms with Crippen LogP contribution >= 0.6 is 11.6 Å². The Morgan fingerprint density at radius 1 is 1.40 bits per heavy atom. The van der Waals surface area contributed by atoms with Crippen LogP contribution in [0.4, 0.5) is 13.2 Å². The molecule has 20 heavy (non-hydrogen) atoms. The SMILES string of the molecule is Cc1c(Cl)c(C(F)(F)F)nn1-c1cccc(C(=O)O)c1. The van der Waals surface area contributed by atoms with Crippen molar-refractivity contribution in [3.63, 3.8) is 0 Å². The van der Waals surface area contributed by atoms with Crippen molar-refractivity contribution in [2.45, 2.75) is 13.1 Å². The van der Waals surface area contributed by atoms with E-state index in [1.54, 1.807) is 0 Å². The van der Waals surface area contributed by atoms with Crippen LogP contribution in [0.1, 0.15) is 21.7 Å². The lowest BCUT2D eigenvalue weighted by Crippen LogP contribution is -2.08. The van der Waals surface area contributed by atoms with Gasteiger partial charge in [-0.05, 0) is 25.1 Å². The lowest BCUT2D eigenvalue weighted by molar-refractivity contribution is -0.141. The molecule has 0 unspecified atom stereocenters. The fraction of sp³-hybridized carbons (Fsp3) is 0.167. The highest BCUT2D eigenvalue weighted by molar-refractivity contribution is 6.32. The van der Waals surface area contributed by atoms with Crippen molar-refractivity contribution in [3.05, 3.63) is 46.2 Å². The summed E-state index contributed by atoms with van der Waals surface area (Å²) in [5, 5.41) is 11.8. The van der Waals surface area contributed by atoms with E-state index < -0.39 is 22.9 Å². The first kappa shape index (κ1) is 14.4. The first-order valence-corrected chi connectivity index (χ1v) is 5.75. The van der Waals surface area contributed by atoms with Crippen LogP contribution in [-0.4, -0.2) is 20.9 Å². The first-order chi connectivity index (χ1) is 9.21. The summed E-state index contributed by atoms with van der Waals surface area (Å²) >= 11 is 5.63. The Morgan fingerprint density at radius 2 is 2.05 bits per heavy atom. The lowest BCUT2D eigenvalue weighted by Gasteiger charge is -2.05. The minimum absolute atomic E-state index is 0.0536. The highest BCUT2D eigenvalue weighted by Crippen LogP contribution is 2.36. The number of halogens is 4. The van der Waals surface area contributed by atoms with Gasteiger partial charge in [0.1, 0.15) is 0 Å². The first-order valence-electron chi connectivity index (χ1n) is 5.38. The summed E-state index contributed by atoms with van der Waals surface area (Å²) in [4.78, 5) is 10.9. The summed E-state index contributed by atoms with van der Waals surface area (Å²) in [6.45, 7) is 1.37. The number of alkyl halides is 3. The van der Waals surface area contributed by atoms with E-state index in [1.165, 1.54) is 31.2 Å². The van der Waals surface area contributed by atoms with Gasteiger partial charge < -0.3 is 5.11 Å². The second kappa shape index (κ2) is 4.82. The molecule has 0 fully saturated rings. The Hall–Kier alpha value is -2.02. The molecular weight excluding hydrogens is 297 g/mol. The molecule has 8 heteroatoms. The van der Waals surface area contributed by atoms with E-state index in [1.807, 2.05) is 0 Å². The zero-order valence-corrected chi connectivity index (χ0v) is 10.8. The topological polar surface area (TPSA) is 55.1 Å². The Balaban J connectivity index is 2.59. The molecule has 0 spiro atoms. The number of hydrogen-bond acceptors (Lipinski definition) is 2. The fourth-order valence-corrected chi connectivity index (χ4v) is 1.91. The normalized spacial score (nSPS) is 11.7. The number of hydrogen-bond donors (Lipinski definition) is 1. The van der Waals surface area contributed by atoms with Crippen LogP contribution in [-0.2, 0) is 6.18 Å². The largest absolute Gasteiger partial charge is 0.478 e. The molecule has 1 N–H and O–H groups in total. The average Bonchev–Trinajstić information content (AvgIpc) is 2.66. The summed E-state index contributed by atoms with van der Waals surface area (Å²) in [6, 6.07) is 5.42. The Labute approximate surface area is 116 Å². The standard InChI is InChI=1S/C12H8ClF3N2O2/c1-6-9(13)10(12(14,15)16)17-18(6)8-4-2-3-7(5-8)11(19)20/h2-5H,1H3,(H,19,20). The van der Waals surface area contributed by atoms with Gasteiger partial charge in [-0.15, -0.1) is 0 Å². The minimum atomic E-state index is -4.67. The molecule has 2 rings (SSSR count). The van der Waals surface area contributed by atoms with Crippen molar-refractivity contribution in [2.75, 3.05) is 0 Å². The Morgan fingerprint density at radius 3 is 2.55 bits per heavy atom. The molecule has 2 aromatic rings. The summed E-state index contributed by atoms with van der Waals surface area (Å²) in [5.41, 5.74) is -0.971.